The van der Waals surface area contributed by atoms with E-state index in [-0.39, 0.29) is 5.41 Å². The Hall–Kier alpha value is -6.38. The first-order chi connectivity index (χ1) is 25.1. The van der Waals surface area contributed by atoms with Crippen LogP contribution in [0.25, 0.3) is 66.1 Å². The van der Waals surface area contributed by atoms with Crippen LogP contribution < -0.4 is 4.90 Å². The van der Waals surface area contributed by atoms with Crippen molar-refractivity contribution in [3.8, 4) is 33.4 Å². The number of fused-ring (bicyclic) bond motifs is 8. The molecule has 0 amide bonds. The second-order valence-electron chi connectivity index (χ2n) is 14.1. The minimum atomic E-state index is -0.0253. The molecule has 0 radical (unpaired) electrons. The van der Waals surface area contributed by atoms with Crippen molar-refractivity contribution in [1.82, 2.24) is 0 Å². The Labute approximate surface area is 297 Å². The smallest absolute Gasteiger partial charge is 0.143 e. The lowest BCUT2D eigenvalue weighted by molar-refractivity contribution is 0.660. The van der Waals surface area contributed by atoms with E-state index in [1.165, 1.54) is 38.8 Å². The average Bonchev–Trinajstić information content (AvgIpc) is 3.69. The minimum absolute atomic E-state index is 0.0253. The highest BCUT2D eigenvalue weighted by molar-refractivity contribution is 6.17. The molecule has 8 aromatic carbocycles. The average molecular weight is 654 g/mol. The molecule has 1 aliphatic carbocycles. The molecule has 2 heteroatoms. The van der Waals surface area contributed by atoms with Gasteiger partial charge in [0, 0.05) is 44.2 Å². The van der Waals surface area contributed by atoms with Crippen LogP contribution in [0.3, 0.4) is 0 Å². The Balaban J connectivity index is 1.04. The molecule has 0 saturated heterocycles. The fraction of sp³-hybridized carbons (Fsp3) is 0.0612. The highest BCUT2D eigenvalue weighted by Gasteiger charge is 2.36. The van der Waals surface area contributed by atoms with Crippen molar-refractivity contribution >= 4 is 49.8 Å². The third kappa shape index (κ3) is 4.57. The number of nitrogens with zero attached hydrogens (tertiary/aromatic N) is 1. The van der Waals surface area contributed by atoms with E-state index in [0.717, 1.165) is 55.5 Å². The van der Waals surface area contributed by atoms with Crippen molar-refractivity contribution in [2.75, 3.05) is 4.90 Å². The Bertz CT molecular complexity index is 2750. The molecule has 0 spiro atoms. The van der Waals surface area contributed by atoms with E-state index in [1.54, 1.807) is 0 Å². The molecule has 1 aliphatic rings. The fourth-order valence-electron chi connectivity index (χ4n) is 8.35. The van der Waals surface area contributed by atoms with Crippen molar-refractivity contribution in [3.63, 3.8) is 0 Å². The van der Waals surface area contributed by atoms with Crippen LogP contribution in [-0.4, -0.2) is 0 Å². The summed E-state index contributed by atoms with van der Waals surface area (Å²) in [5.41, 5.74) is 15.4. The SMILES string of the molecule is CC1(C)c2ccccc2-c2c(-c3ccc(N(c4ccccc4)c4ccc(-c5cccc6c5oc5c7ccccc7ccc65)cc4)cc3)cccc21. The second kappa shape index (κ2) is 11.3. The Kier molecular flexibility index (Phi) is 6.56. The summed E-state index contributed by atoms with van der Waals surface area (Å²) in [6, 6.07) is 63.4. The van der Waals surface area contributed by atoms with E-state index in [2.05, 4.69) is 195 Å². The lowest BCUT2D eigenvalue weighted by atomic mass is 9.82. The Morgan fingerprint density at radius 1 is 0.392 bits per heavy atom. The topological polar surface area (TPSA) is 16.4 Å². The predicted octanol–water partition coefficient (Wildman–Crippen LogP) is 13.8. The third-order valence-corrected chi connectivity index (χ3v) is 10.9. The van der Waals surface area contributed by atoms with Gasteiger partial charge in [-0.1, -0.05) is 147 Å². The summed E-state index contributed by atoms with van der Waals surface area (Å²) in [6.07, 6.45) is 0. The van der Waals surface area contributed by atoms with Gasteiger partial charge in [0.15, 0.2) is 0 Å². The molecule has 2 nitrogen and oxygen atoms in total. The maximum Gasteiger partial charge on any atom is 0.143 e. The molecule has 0 saturated carbocycles. The van der Waals surface area contributed by atoms with Crippen LogP contribution in [0.1, 0.15) is 25.0 Å². The summed E-state index contributed by atoms with van der Waals surface area (Å²) < 4.78 is 6.66. The lowest BCUT2D eigenvalue weighted by Crippen LogP contribution is -2.14. The Morgan fingerprint density at radius 3 is 1.73 bits per heavy atom. The number of hydrogen-bond donors (Lipinski definition) is 0. The zero-order valence-electron chi connectivity index (χ0n) is 28.6. The van der Waals surface area contributed by atoms with Crippen LogP contribution in [0.15, 0.2) is 180 Å². The summed E-state index contributed by atoms with van der Waals surface area (Å²) in [4.78, 5) is 2.33. The molecule has 0 N–H and O–H groups in total. The van der Waals surface area contributed by atoms with Gasteiger partial charge in [0.25, 0.3) is 0 Å². The molecule has 242 valence electrons. The molecule has 1 heterocycles. The quantitative estimate of drug-likeness (QED) is 0.184. The van der Waals surface area contributed by atoms with Gasteiger partial charge in [0.05, 0.1) is 0 Å². The molecule has 0 aliphatic heterocycles. The molecule has 9 aromatic rings. The maximum absolute atomic E-state index is 6.66. The normalized spacial score (nSPS) is 13.1. The van der Waals surface area contributed by atoms with E-state index in [1.807, 2.05) is 0 Å². The van der Waals surface area contributed by atoms with Gasteiger partial charge < -0.3 is 9.32 Å². The summed E-state index contributed by atoms with van der Waals surface area (Å²) >= 11 is 0. The Morgan fingerprint density at radius 2 is 0.941 bits per heavy atom. The van der Waals surface area contributed by atoms with Crippen molar-refractivity contribution in [2.24, 2.45) is 0 Å². The molecular weight excluding hydrogens is 619 g/mol. The van der Waals surface area contributed by atoms with Crippen LogP contribution in [0, 0.1) is 0 Å². The van der Waals surface area contributed by atoms with Gasteiger partial charge in [-0.2, -0.15) is 0 Å². The van der Waals surface area contributed by atoms with Gasteiger partial charge in [-0.05, 0) is 86.8 Å². The number of para-hydroxylation sites is 2. The van der Waals surface area contributed by atoms with Gasteiger partial charge in [-0.3, -0.25) is 0 Å². The first kappa shape index (κ1) is 29.5. The van der Waals surface area contributed by atoms with Crippen molar-refractivity contribution in [3.05, 3.63) is 187 Å². The number of anilines is 3. The van der Waals surface area contributed by atoms with Gasteiger partial charge in [-0.25, -0.2) is 0 Å². The van der Waals surface area contributed by atoms with E-state index in [0.29, 0.717) is 0 Å². The second-order valence-corrected chi connectivity index (χ2v) is 14.1. The molecule has 0 fully saturated rings. The summed E-state index contributed by atoms with van der Waals surface area (Å²) in [5, 5.41) is 4.61. The van der Waals surface area contributed by atoms with E-state index in [4.69, 9.17) is 4.42 Å². The van der Waals surface area contributed by atoms with Crippen molar-refractivity contribution in [1.29, 1.82) is 0 Å². The van der Waals surface area contributed by atoms with Crippen LogP contribution >= 0.6 is 0 Å². The lowest BCUT2D eigenvalue weighted by Gasteiger charge is -2.26. The van der Waals surface area contributed by atoms with Crippen LogP contribution in [0.2, 0.25) is 0 Å². The van der Waals surface area contributed by atoms with Crippen LogP contribution in [0.5, 0.6) is 0 Å². The molecule has 1 aromatic heterocycles. The first-order valence-corrected chi connectivity index (χ1v) is 17.7. The van der Waals surface area contributed by atoms with Crippen molar-refractivity contribution in [2.45, 2.75) is 19.3 Å². The number of hydrogen-bond acceptors (Lipinski definition) is 2. The first-order valence-electron chi connectivity index (χ1n) is 17.7. The third-order valence-electron chi connectivity index (χ3n) is 10.9. The number of furan rings is 1. The molecule has 51 heavy (non-hydrogen) atoms. The van der Waals surface area contributed by atoms with E-state index in [9.17, 15) is 0 Å². The van der Waals surface area contributed by atoms with Gasteiger partial charge in [0.1, 0.15) is 11.2 Å². The molecular formula is C49H35NO. The molecule has 0 bridgehead atoms. The standard InChI is InChI=1S/C49H35NO/c1-49(2)44-20-9-8-16-43(44)46-38(17-11-21-45(46)49)33-22-27-36(28-23-33)50(35-13-4-3-5-14-35)37-29-24-34(25-30-37)40-18-10-19-41-42-31-26-32-12-6-7-15-39(32)48(42)51-47(40)41/h3-31H,1-2H3. The minimum Gasteiger partial charge on any atom is -0.455 e. The maximum atomic E-state index is 6.66. The zero-order valence-corrected chi connectivity index (χ0v) is 28.6. The molecule has 0 atom stereocenters. The summed E-state index contributed by atoms with van der Waals surface area (Å²) in [5.74, 6) is 0. The molecule has 0 unspecified atom stereocenters. The van der Waals surface area contributed by atoms with E-state index < -0.39 is 0 Å². The van der Waals surface area contributed by atoms with Crippen LogP contribution in [-0.2, 0) is 5.41 Å². The summed E-state index contributed by atoms with van der Waals surface area (Å²) in [6.45, 7) is 4.68. The fourth-order valence-corrected chi connectivity index (χ4v) is 8.35. The highest BCUT2D eigenvalue weighted by atomic mass is 16.3. The predicted molar refractivity (Wildman–Crippen MR) is 214 cm³/mol. The van der Waals surface area contributed by atoms with E-state index >= 15 is 0 Å². The zero-order chi connectivity index (χ0) is 34.1. The highest BCUT2D eigenvalue weighted by Crippen LogP contribution is 2.52. The number of rotatable bonds is 5. The summed E-state index contributed by atoms with van der Waals surface area (Å²) in [7, 11) is 0. The van der Waals surface area contributed by atoms with Gasteiger partial charge in [0.2, 0.25) is 0 Å². The largest absolute Gasteiger partial charge is 0.455 e. The number of benzene rings is 8. The van der Waals surface area contributed by atoms with Crippen molar-refractivity contribution < 1.29 is 4.42 Å². The van der Waals surface area contributed by atoms with Gasteiger partial charge in [-0.15, -0.1) is 0 Å². The monoisotopic (exact) mass is 653 g/mol. The molecule has 10 rings (SSSR count). The van der Waals surface area contributed by atoms with Gasteiger partial charge >= 0.3 is 0 Å². The van der Waals surface area contributed by atoms with Crippen LogP contribution in [0.4, 0.5) is 17.1 Å².